The van der Waals surface area contributed by atoms with Crippen LogP contribution in [-0.2, 0) is 4.79 Å². The Kier molecular flexibility index (Phi) is 5.66. The first kappa shape index (κ1) is 22.1. The third-order valence-corrected chi connectivity index (χ3v) is 6.21. The molecule has 1 amide bonds. The summed E-state index contributed by atoms with van der Waals surface area (Å²) in [7, 11) is 0. The van der Waals surface area contributed by atoms with E-state index in [0.717, 1.165) is 28.8 Å². The monoisotopic (exact) mass is 469 g/mol. The molecular formula is C26H23N5O4. The molecule has 3 N–H and O–H groups in total. The van der Waals surface area contributed by atoms with E-state index in [-0.39, 0.29) is 23.3 Å². The first-order chi connectivity index (χ1) is 16.9. The van der Waals surface area contributed by atoms with Crippen molar-refractivity contribution in [2.75, 3.05) is 18.8 Å². The zero-order valence-corrected chi connectivity index (χ0v) is 18.8. The Bertz CT molecular complexity index is 1440. The maximum Gasteiger partial charge on any atom is 0.335 e. The van der Waals surface area contributed by atoms with Crippen LogP contribution < -0.4 is 10.5 Å². The molecule has 3 aromatic heterocycles. The van der Waals surface area contributed by atoms with Crippen LogP contribution >= 0.6 is 0 Å². The second-order valence-corrected chi connectivity index (χ2v) is 8.30. The van der Waals surface area contributed by atoms with E-state index in [1.165, 1.54) is 24.4 Å². The fraction of sp³-hybridized carbons (Fsp3) is 0.154. The number of fused-ring (bicyclic) bond motifs is 1. The second-order valence-electron chi connectivity index (χ2n) is 8.30. The molecule has 35 heavy (non-hydrogen) atoms. The molecule has 5 rings (SSSR count). The summed E-state index contributed by atoms with van der Waals surface area (Å²) in [6, 6.07) is 14.2. The van der Waals surface area contributed by atoms with Crippen molar-refractivity contribution in [3.05, 3.63) is 84.7 Å². The minimum atomic E-state index is -1.05. The summed E-state index contributed by atoms with van der Waals surface area (Å²) in [5.74, 6) is 0.160. The fourth-order valence-electron chi connectivity index (χ4n) is 4.50. The smallest absolute Gasteiger partial charge is 0.335 e. The van der Waals surface area contributed by atoms with Gasteiger partial charge in [-0.25, -0.2) is 14.8 Å². The second kappa shape index (κ2) is 8.94. The van der Waals surface area contributed by atoms with Crippen molar-refractivity contribution in [3.8, 4) is 22.9 Å². The van der Waals surface area contributed by atoms with Gasteiger partial charge in [0.05, 0.1) is 16.8 Å². The summed E-state index contributed by atoms with van der Waals surface area (Å²) in [6.07, 6.45) is 5.29. The van der Waals surface area contributed by atoms with Crippen molar-refractivity contribution in [1.29, 1.82) is 0 Å². The molecule has 1 unspecified atom stereocenters. The van der Waals surface area contributed by atoms with Crippen LogP contribution in [0.4, 0.5) is 5.95 Å². The van der Waals surface area contributed by atoms with Gasteiger partial charge in [0.25, 0.3) is 0 Å². The molecule has 9 heteroatoms. The number of nitrogens with two attached hydrogens (primary N) is 1. The summed E-state index contributed by atoms with van der Waals surface area (Å²) in [4.78, 5) is 33.4. The summed E-state index contributed by atoms with van der Waals surface area (Å²) >= 11 is 0. The molecule has 9 nitrogen and oxygen atoms in total. The number of nitrogen functional groups attached to an aromatic ring is 1. The van der Waals surface area contributed by atoms with Crippen molar-refractivity contribution < 1.29 is 19.4 Å². The van der Waals surface area contributed by atoms with E-state index >= 15 is 0 Å². The predicted molar refractivity (Wildman–Crippen MR) is 130 cm³/mol. The predicted octanol–water partition coefficient (Wildman–Crippen LogP) is 3.97. The van der Waals surface area contributed by atoms with Gasteiger partial charge in [0.15, 0.2) is 0 Å². The highest BCUT2D eigenvalue weighted by atomic mass is 16.5. The summed E-state index contributed by atoms with van der Waals surface area (Å²) < 4.78 is 7.66. The highest BCUT2D eigenvalue weighted by Gasteiger charge is 2.29. The lowest BCUT2D eigenvalue weighted by atomic mass is 9.99. The fourth-order valence-corrected chi connectivity index (χ4v) is 4.50. The van der Waals surface area contributed by atoms with Gasteiger partial charge < -0.3 is 20.5 Å². The van der Waals surface area contributed by atoms with Gasteiger partial charge >= 0.3 is 5.97 Å². The van der Waals surface area contributed by atoms with E-state index < -0.39 is 5.97 Å². The molecule has 1 atom stereocenters. The Morgan fingerprint density at radius 1 is 1.11 bits per heavy atom. The average molecular weight is 470 g/mol. The van der Waals surface area contributed by atoms with E-state index in [2.05, 4.69) is 22.6 Å². The molecule has 4 aromatic rings. The lowest BCUT2D eigenvalue weighted by molar-refractivity contribution is -0.125. The Morgan fingerprint density at radius 2 is 1.89 bits per heavy atom. The molecule has 4 heterocycles. The SMILES string of the molecule is C=CC(=O)N1CCC(c2cc(-c3ccc(Oc4cc(C(=O)O)ccn4)cc3)n3c(N)nccc23)C1. The number of aromatic nitrogens is 3. The van der Waals surface area contributed by atoms with Crippen LogP contribution in [0.2, 0.25) is 0 Å². The number of anilines is 1. The Balaban J connectivity index is 1.46. The zero-order valence-electron chi connectivity index (χ0n) is 18.8. The number of pyridine rings is 1. The standard InChI is InChI=1S/C26H23N5O4/c1-2-24(32)30-12-9-18(15-30)20-14-22(31-21(20)8-11-29-26(31)27)16-3-5-19(6-4-16)35-23-13-17(25(33)34)7-10-28-23/h2-8,10-11,13-14,18H,1,9,12,15H2,(H2,27,29)(H,33,34). The van der Waals surface area contributed by atoms with E-state index in [4.69, 9.17) is 15.6 Å². The van der Waals surface area contributed by atoms with Gasteiger partial charge in [0, 0.05) is 37.5 Å². The number of benzene rings is 1. The zero-order chi connectivity index (χ0) is 24.5. The quantitative estimate of drug-likeness (QED) is 0.410. The Labute approximate surface area is 201 Å². The first-order valence-corrected chi connectivity index (χ1v) is 11.1. The third-order valence-electron chi connectivity index (χ3n) is 6.21. The Hall–Kier alpha value is -4.66. The summed E-state index contributed by atoms with van der Waals surface area (Å²) in [5, 5.41) is 9.16. The normalized spacial score (nSPS) is 15.3. The molecule has 0 aliphatic carbocycles. The number of rotatable bonds is 6. The molecule has 0 radical (unpaired) electrons. The topological polar surface area (TPSA) is 123 Å². The highest BCUT2D eigenvalue weighted by molar-refractivity contribution is 5.88. The van der Waals surface area contributed by atoms with E-state index in [1.807, 2.05) is 27.5 Å². The molecule has 1 fully saturated rings. The van der Waals surface area contributed by atoms with Crippen LogP contribution in [-0.4, -0.2) is 49.3 Å². The number of carbonyl (C=O) groups is 2. The van der Waals surface area contributed by atoms with Gasteiger partial charge in [0.1, 0.15) is 5.75 Å². The number of amides is 1. The van der Waals surface area contributed by atoms with E-state index in [1.54, 1.807) is 18.3 Å². The van der Waals surface area contributed by atoms with Gasteiger partial charge in [-0.2, -0.15) is 0 Å². The highest BCUT2D eigenvalue weighted by Crippen LogP contribution is 2.37. The molecule has 0 spiro atoms. The van der Waals surface area contributed by atoms with Crippen LogP contribution in [0.3, 0.4) is 0 Å². The minimum Gasteiger partial charge on any atom is -0.478 e. The number of nitrogens with zero attached hydrogens (tertiary/aromatic N) is 4. The maximum absolute atomic E-state index is 12.1. The molecule has 0 saturated carbocycles. The molecule has 1 saturated heterocycles. The van der Waals surface area contributed by atoms with Crippen molar-refractivity contribution in [2.45, 2.75) is 12.3 Å². The summed E-state index contributed by atoms with van der Waals surface area (Å²) in [6.45, 7) is 4.91. The Morgan fingerprint density at radius 3 is 2.63 bits per heavy atom. The van der Waals surface area contributed by atoms with Gasteiger partial charge in [-0.3, -0.25) is 9.20 Å². The van der Waals surface area contributed by atoms with Crippen LogP contribution in [0, 0.1) is 0 Å². The van der Waals surface area contributed by atoms with Gasteiger partial charge in [0.2, 0.25) is 17.7 Å². The van der Waals surface area contributed by atoms with Crippen LogP contribution in [0.15, 0.2) is 73.6 Å². The number of carboxylic acids is 1. The van der Waals surface area contributed by atoms with Crippen molar-refractivity contribution >= 4 is 23.3 Å². The van der Waals surface area contributed by atoms with Gasteiger partial charge in [-0.1, -0.05) is 6.58 Å². The number of carbonyl (C=O) groups excluding carboxylic acids is 1. The average Bonchev–Trinajstić information content (AvgIpc) is 3.50. The van der Waals surface area contributed by atoms with Crippen LogP contribution in [0.5, 0.6) is 11.6 Å². The van der Waals surface area contributed by atoms with Gasteiger partial charge in [-0.05, 0) is 66.1 Å². The van der Waals surface area contributed by atoms with Crippen molar-refractivity contribution in [2.24, 2.45) is 0 Å². The van der Waals surface area contributed by atoms with E-state index in [9.17, 15) is 9.59 Å². The number of hydrogen-bond acceptors (Lipinski definition) is 6. The van der Waals surface area contributed by atoms with E-state index in [0.29, 0.717) is 24.8 Å². The lowest BCUT2D eigenvalue weighted by Gasteiger charge is -2.14. The molecule has 1 aliphatic heterocycles. The van der Waals surface area contributed by atoms with Crippen molar-refractivity contribution in [1.82, 2.24) is 19.3 Å². The maximum atomic E-state index is 12.1. The van der Waals surface area contributed by atoms with Gasteiger partial charge in [-0.15, -0.1) is 0 Å². The molecular weight excluding hydrogens is 446 g/mol. The first-order valence-electron chi connectivity index (χ1n) is 11.1. The summed E-state index contributed by atoms with van der Waals surface area (Å²) in [5.41, 5.74) is 10.2. The molecule has 1 aromatic carbocycles. The number of carboxylic acid groups (broad SMARTS) is 1. The number of likely N-dealkylation sites (tertiary alicyclic amines) is 1. The lowest BCUT2D eigenvalue weighted by Crippen LogP contribution is -2.26. The molecule has 1 aliphatic rings. The van der Waals surface area contributed by atoms with Crippen molar-refractivity contribution in [3.63, 3.8) is 0 Å². The third kappa shape index (κ3) is 4.19. The molecule has 0 bridgehead atoms. The number of aromatic carboxylic acids is 1. The number of ether oxygens (including phenoxy) is 1. The number of hydrogen-bond donors (Lipinski definition) is 2. The van der Waals surface area contributed by atoms with Crippen LogP contribution in [0.1, 0.15) is 28.3 Å². The largest absolute Gasteiger partial charge is 0.478 e. The van der Waals surface area contributed by atoms with Crippen LogP contribution in [0.25, 0.3) is 16.8 Å². The minimum absolute atomic E-state index is 0.0589. The molecule has 176 valence electrons.